The summed E-state index contributed by atoms with van der Waals surface area (Å²) < 4.78 is 13.4. The molecule has 1 amide bonds. The normalized spacial score (nSPS) is 10.9. The quantitative estimate of drug-likeness (QED) is 0.519. The standard InChI is InChI=1S/C21H19N3O3S/c1-26-16-7-3-2-6-14(16)13-27-17-10-18(28-19(17)11-20(22)25)15-12-23-21-8-4-5-9-24(15)21/h2-10,12H,11,13H2,1H3,(H2,22,25). The van der Waals surface area contributed by atoms with Crippen molar-refractivity contribution in [1.82, 2.24) is 9.38 Å². The SMILES string of the molecule is COc1ccccc1COc1cc(-c2cnc3ccccn23)sc1CC(N)=O. The third kappa shape index (κ3) is 3.57. The zero-order valence-electron chi connectivity index (χ0n) is 15.3. The van der Waals surface area contributed by atoms with Crippen LogP contribution in [0.4, 0.5) is 0 Å². The summed E-state index contributed by atoms with van der Waals surface area (Å²) in [5.74, 6) is 1.01. The fourth-order valence-corrected chi connectivity index (χ4v) is 4.15. The van der Waals surface area contributed by atoms with Gasteiger partial charge >= 0.3 is 0 Å². The minimum Gasteiger partial charge on any atom is -0.496 e. The van der Waals surface area contributed by atoms with Crippen molar-refractivity contribution in [2.45, 2.75) is 13.0 Å². The Balaban J connectivity index is 1.67. The number of thiophene rings is 1. The van der Waals surface area contributed by atoms with E-state index in [1.54, 1.807) is 7.11 Å². The molecular formula is C21H19N3O3S. The van der Waals surface area contributed by atoms with Gasteiger partial charge in [-0.1, -0.05) is 24.3 Å². The highest BCUT2D eigenvalue weighted by Gasteiger charge is 2.17. The van der Waals surface area contributed by atoms with Crippen molar-refractivity contribution in [3.05, 3.63) is 71.4 Å². The third-order valence-electron chi connectivity index (χ3n) is 4.35. The number of pyridine rings is 1. The molecule has 4 aromatic rings. The number of nitrogens with two attached hydrogens (primary N) is 1. The molecular weight excluding hydrogens is 374 g/mol. The van der Waals surface area contributed by atoms with Crippen molar-refractivity contribution in [2.24, 2.45) is 5.73 Å². The van der Waals surface area contributed by atoms with Crippen LogP contribution in [0.1, 0.15) is 10.4 Å². The summed E-state index contributed by atoms with van der Waals surface area (Å²) in [6.45, 7) is 0.332. The van der Waals surface area contributed by atoms with E-state index in [-0.39, 0.29) is 6.42 Å². The first-order valence-electron chi connectivity index (χ1n) is 8.74. The van der Waals surface area contributed by atoms with Gasteiger partial charge in [-0.3, -0.25) is 9.20 Å². The molecule has 0 saturated heterocycles. The number of imidazole rings is 1. The monoisotopic (exact) mass is 393 g/mol. The number of benzene rings is 1. The Morgan fingerprint density at radius 1 is 1.18 bits per heavy atom. The van der Waals surface area contributed by atoms with Gasteiger partial charge in [0.15, 0.2) is 0 Å². The number of para-hydroxylation sites is 1. The molecule has 0 spiro atoms. The lowest BCUT2D eigenvalue weighted by Crippen LogP contribution is -2.13. The minimum atomic E-state index is -0.395. The minimum absolute atomic E-state index is 0.128. The maximum Gasteiger partial charge on any atom is 0.222 e. The fourth-order valence-electron chi connectivity index (χ4n) is 3.03. The molecule has 1 aromatic carbocycles. The number of hydrogen-bond acceptors (Lipinski definition) is 5. The largest absolute Gasteiger partial charge is 0.496 e. The van der Waals surface area contributed by atoms with E-state index in [0.29, 0.717) is 12.4 Å². The van der Waals surface area contributed by atoms with Gasteiger partial charge in [0.1, 0.15) is 23.8 Å². The van der Waals surface area contributed by atoms with Gasteiger partial charge in [0, 0.05) is 17.8 Å². The lowest BCUT2D eigenvalue weighted by molar-refractivity contribution is -0.117. The Hall–Kier alpha value is -3.32. The molecule has 0 atom stereocenters. The van der Waals surface area contributed by atoms with Crippen molar-refractivity contribution in [3.63, 3.8) is 0 Å². The van der Waals surface area contributed by atoms with Gasteiger partial charge in [-0.15, -0.1) is 11.3 Å². The van der Waals surface area contributed by atoms with Gasteiger partial charge in [-0.2, -0.15) is 0 Å². The maximum absolute atomic E-state index is 11.5. The Labute approximate surface area is 166 Å². The van der Waals surface area contributed by atoms with Crippen LogP contribution in [-0.4, -0.2) is 22.4 Å². The summed E-state index contributed by atoms with van der Waals surface area (Å²) in [6.07, 6.45) is 3.91. The third-order valence-corrected chi connectivity index (χ3v) is 5.49. The van der Waals surface area contributed by atoms with E-state index in [2.05, 4.69) is 4.98 Å². The average molecular weight is 393 g/mol. The lowest BCUT2D eigenvalue weighted by atomic mass is 10.2. The zero-order valence-corrected chi connectivity index (χ0v) is 16.1. The second kappa shape index (κ2) is 7.74. The Morgan fingerprint density at radius 2 is 2.00 bits per heavy atom. The molecule has 0 aliphatic carbocycles. The first-order valence-corrected chi connectivity index (χ1v) is 9.55. The Morgan fingerprint density at radius 3 is 2.82 bits per heavy atom. The van der Waals surface area contributed by atoms with E-state index in [1.165, 1.54) is 11.3 Å². The van der Waals surface area contributed by atoms with Crippen LogP contribution in [0.2, 0.25) is 0 Å². The second-order valence-corrected chi connectivity index (χ2v) is 7.35. The number of carbonyl (C=O) groups is 1. The van der Waals surface area contributed by atoms with Crippen molar-refractivity contribution >= 4 is 22.9 Å². The number of rotatable bonds is 7. The van der Waals surface area contributed by atoms with Gasteiger partial charge < -0.3 is 15.2 Å². The van der Waals surface area contributed by atoms with E-state index < -0.39 is 5.91 Å². The Bertz CT molecular complexity index is 1130. The van der Waals surface area contributed by atoms with Crippen molar-refractivity contribution in [2.75, 3.05) is 7.11 Å². The summed E-state index contributed by atoms with van der Waals surface area (Å²) in [5.41, 5.74) is 8.17. The van der Waals surface area contributed by atoms with Crippen LogP contribution in [0.25, 0.3) is 16.2 Å². The summed E-state index contributed by atoms with van der Waals surface area (Å²) in [7, 11) is 1.63. The highest BCUT2D eigenvalue weighted by atomic mass is 32.1. The van der Waals surface area contributed by atoms with E-state index in [0.717, 1.165) is 32.4 Å². The van der Waals surface area contributed by atoms with Crippen molar-refractivity contribution < 1.29 is 14.3 Å². The molecule has 3 heterocycles. The molecule has 7 heteroatoms. The molecule has 0 aliphatic rings. The predicted molar refractivity (Wildman–Crippen MR) is 109 cm³/mol. The van der Waals surface area contributed by atoms with Crippen LogP contribution in [-0.2, 0) is 17.8 Å². The van der Waals surface area contributed by atoms with E-state index >= 15 is 0 Å². The molecule has 3 aromatic heterocycles. The first kappa shape index (κ1) is 18.1. The summed E-state index contributed by atoms with van der Waals surface area (Å²) >= 11 is 1.49. The highest BCUT2D eigenvalue weighted by Crippen LogP contribution is 2.37. The molecule has 0 unspecified atom stereocenters. The summed E-state index contributed by atoms with van der Waals surface area (Å²) in [6, 6.07) is 15.5. The van der Waals surface area contributed by atoms with Gasteiger partial charge in [0.2, 0.25) is 5.91 Å². The number of hydrogen-bond donors (Lipinski definition) is 1. The lowest BCUT2D eigenvalue weighted by Gasteiger charge is -2.10. The van der Waals surface area contributed by atoms with E-state index in [9.17, 15) is 4.79 Å². The van der Waals surface area contributed by atoms with Crippen LogP contribution < -0.4 is 15.2 Å². The van der Waals surface area contributed by atoms with Gasteiger partial charge in [-0.25, -0.2) is 4.98 Å². The van der Waals surface area contributed by atoms with Gasteiger partial charge in [0.05, 0.1) is 35.2 Å². The topological polar surface area (TPSA) is 78.8 Å². The maximum atomic E-state index is 11.5. The van der Waals surface area contributed by atoms with Crippen LogP contribution in [0.15, 0.2) is 60.9 Å². The molecule has 0 fully saturated rings. The number of nitrogens with zero attached hydrogens (tertiary/aromatic N) is 2. The fraction of sp³-hybridized carbons (Fsp3) is 0.143. The zero-order chi connectivity index (χ0) is 19.5. The number of carbonyl (C=O) groups excluding carboxylic acids is 1. The number of ether oxygens (including phenoxy) is 2. The molecule has 0 radical (unpaired) electrons. The van der Waals surface area contributed by atoms with Gasteiger partial charge in [0.25, 0.3) is 0 Å². The number of amides is 1. The summed E-state index contributed by atoms with van der Waals surface area (Å²) in [5, 5.41) is 0. The van der Waals surface area contributed by atoms with Gasteiger partial charge in [-0.05, 0) is 18.2 Å². The average Bonchev–Trinajstić information content (AvgIpc) is 3.30. The molecule has 0 bridgehead atoms. The predicted octanol–water partition coefficient (Wildman–Crippen LogP) is 3.68. The van der Waals surface area contributed by atoms with Crippen molar-refractivity contribution in [3.8, 4) is 22.1 Å². The van der Waals surface area contributed by atoms with Crippen LogP contribution in [0.5, 0.6) is 11.5 Å². The first-order chi connectivity index (χ1) is 13.7. The molecule has 6 nitrogen and oxygen atoms in total. The molecule has 0 saturated carbocycles. The number of fused-ring (bicyclic) bond motifs is 1. The number of aromatic nitrogens is 2. The molecule has 2 N–H and O–H groups in total. The van der Waals surface area contributed by atoms with Crippen LogP contribution >= 0.6 is 11.3 Å². The second-order valence-electron chi connectivity index (χ2n) is 6.21. The van der Waals surface area contributed by atoms with Crippen LogP contribution in [0.3, 0.4) is 0 Å². The molecule has 28 heavy (non-hydrogen) atoms. The number of methoxy groups -OCH3 is 1. The van der Waals surface area contributed by atoms with E-state index in [4.69, 9.17) is 15.2 Å². The number of primary amides is 1. The summed E-state index contributed by atoms with van der Waals surface area (Å²) in [4.78, 5) is 17.7. The molecule has 0 aliphatic heterocycles. The van der Waals surface area contributed by atoms with Crippen LogP contribution in [0, 0.1) is 0 Å². The highest BCUT2D eigenvalue weighted by molar-refractivity contribution is 7.15. The Kier molecular flexibility index (Phi) is 4.99. The van der Waals surface area contributed by atoms with E-state index in [1.807, 2.05) is 65.3 Å². The smallest absolute Gasteiger partial charge is 0.222 e. The molecule has 142 valence electrons. The van der Waals surface area contributed by atoms with Crippen molar-refractivity contribution in [1.29, 1.82) is 0 Å². The molecule has 4 rings (SSSR count).